The number of rotatable bonds is 6. The number of hydrogen-bond donors (Lipinski definition) is 1. The number of sulfonamides is 1. The largest absolute Gasteiger partial charge is 0.229 e. The van der Waals surface area contributed by atoms with Gasteiger partial charge >= 0.3 is 0 Å². The van der Waals surface area contributed by atoms with E-state index in [1.165, 1.54) is 6.92 Å². The predicted molar refractivity (Wildman–Crippen MR) is 60.9 cm³/mol. The first kappa shape index (κ1) is 15.3. The summed E-state index contributed by atoms with van der Waals surface area (Å²) in [6, 6.07) is 1.84. The first-order valence-electron chi connectivity index (χ1n) is 4.64. The third kappa shape index (κ3) is 6.05. The van der Waals surface area contributed by atoms with E-state index in [0.29, 0.717) is 6.42 Å². The van der Waals surface area contributed by atoms with Gasteiger partial charge in [-0.25, -0.2) is 16.8 Å². The van der Waals surface area contributed by atoms with Crippen LogP contribution < -0.4 is 4.72 Å². The van der Waals surface area contributed by atoms with E-state index in [-0.39, 0.29) is 0 Å². The molecular formula is C8H16N2O4S2. The lowest BCUT2D eigenvalue weighted by atomic mass is 10.0. The van der Waals surface area contributed by atoms with E-state index in [1.54, 1.807) is 6.92 Å². The number of sulfone groups is 1. The van der Waals surface area contributed by atoms with E-state index >= 15 is 0 Å². The summed E-state index contributed by atoms with van der Waals surface area (Å²) in [7, 11) is -7.08. The van der Waals surface area contributed by atoms with Crippen molar-refractivity contribution < 1.29 is 16.8 Å². The van der Waals surface area contributed by atoms with Crippen LogP contribution in [0.1, 0.15) is 20.3 Å². The van der Waals surface area contributed by atoms with Crippen LogP contribution in [0.5, 0.6) is 0 Å². The standard InChI is InChI=1S/C8H16N2O4S2/c1-4-8(2,7-9)10-16(13,14)6-5-15(3,11)12/h10H,4-6H2,1-3H3. The van der Waals surface area contributed by atoms with Crippen LogP contribution in [-0.2, 0) is 19.9 Å². The zero-order valence-electron chi connectivity index (χ0n) is 9.52. The van der Waals surface area contributed by atoms with Crippen molar-refractivity contribution in [3.63, 3.8) is 0 Å². The van der Waals surface area contributed by atoms with Crippen LogP contribution in [0.2, 0.25) is 0 Å². The van der Waals surface area contributed by atoms with Gasteiger partial charge < -0.3 is 0 Å². The van der Waals surface area contributed by atoms with Crippen LogP contribution >= 0.6 is 0 Å². The molecule has 0 aromatic heterocycles. The third-order valence-electron chi connectivity index (χ3n) is 2.06. The van der Waals surface area contributed by atoms with E-state index in [0.717, 1.165) is 6.26 Å². The van der Waals surface area contributed by atoms with Gasteiger partial charge in [0.15, 0.2) is 0 Å². The summed E-state index contributed by atoms with van der Waals surface area (Å²) < 4.78 is 46.8. The maximum Gasteiger partial charge on any atom is 0.213 e. The van der Waals surface area contributed by atoms with Crippen LogP contribution in [0.25, 0.3) is 0 Å². The Bertz CT molecular complexity index is 475. The molecule has 0 aliphatic rings. The second-order valence-corrected chi connectivity index (χ2v) is 7.95. The quantitative estimate of drug-likeness (QED) is 0.708. The molecule has 16 heavy (non-hydrogen) atoms. The first-order chi connectivity index (χ1) is 7.04. The van der Waals surface area contributed by atoms with E-state index in [2.05, 4.69) is 4.72 Å². The van der Waals surface area contributed by atoms with Crippen molar-refractivity contribution >= 4 is 19.9 Å². The van der Waals surface area contributed by atoms with Crippen molar-refractivity contribution in [1.29, 1.82) is 5.26 Å². The molecule has 1 unspecified atom stereocenters. The molecular weight excluding hydrogens is 252 g/mol. The van der Waals surface area contributed by atoms with Gasteiger partial charge in [-0.3, -0.25) is 0 Å². The second kappa shape index (κ2) is 5.12. The Kier molecular flexibility index (Phi) is 4.91. The zero-order valence-corrected chi connectivity index (χ0v) is 11.2. The third-order valence-corrected chi connectivity index (χ3v) is 4.76. The molecule has 0 aliphatic heterocycles. The molecule has 0 aromatic carbocycles. The van der Waals surface area contributed by atoms with E-state index in [9.17, 15) is 16.8 Å². The van der Waals surface area contributed by atoms with Gasteiger partial charge in [0, 0.05) is 6.26 Å². The molecule has 8 heteroatoms. The minimum absolute atomic E-state index is 0.307. The van der Waals surface area contributed by atoms with Gasteiger partial charge in [-0.2, -0.15) is 9.98 Å². The SMILES string of the molecule is CCC(C)(C#N)NS(=O)(=O)CCS(C)(=O)=O. The fourth-order valence-electron chi connectivity index (χ4n) is 0.829. The Hall–Kier alpha value is -0.650. The number of nitrogens with zero attached hydrogens (tertiary/aromatic N) is 1. The summed E-state index contributed by atoms with van der Waals surface area (Å²) >= 11 is 0. The van der Waals surface area contributed by atoms with Crippen molar-refractivity contribution in [3.05, 3.63) is 0 Å². The van der Waals surface area contributed by atoms with Crippen molar-refractivity contribution in [2.75, 3.05) is 17.8 Å². The molecule has 94 valence electrons. The van der Waals surface area contributed by atoms with Gasteiger partial charge in [-0.1, -0.05) is 6.92 Å². The van der Waals surface area contributed by atoms with Crippen LogP contribution in [0.15, 0.2) is 0 Å². The summed E-state index contributed by atoms with van der Waals surface area (Å²) in [5.41, 5.74) is -1.18. The molecule has 0 bridgehead atoms. The van der Waals surface area contributed by atoms with Gasteiger partial charge in [0.25, 0.3) is 0 Å². The molecule has 0 spiro atoms. The summed E-state index contributed by atoms with van der Waals surface area (Å²) in [5, 5.41) is 8.78. The fourth-order valence-corrected chi connectivity index (χ4v) is 3.90. The summed E-state index contributed by atoms with van der Waals surface area (Å²) in [6.07, 6.45) is 1.27. The summed E-state index contributed by atoms with van der Waals surface area (Å²) in [6.45, 7) is 3.12. The highest BCUT2D eigenvalue weighted by atomic mass is 32.2. The van der Waals surface area contributed by atoms with Crippen molar-refractivity contribution in [2.24, 2.45) is 0 Å². The lowest BCUT2D eigenvalue weighted by Crippen LogP contribution is -2.45. The molecule has 6 nitrogen and oxygen atoms in total. The highest BCUT2D eigenvalue weighted by Crippen LogP contribution is 2.09. The van der Waals surface area contributed by atoms with Gasteiger partial charge in [-0.05, 0) is 13.3 Å². The summed E-state index contributed by atoms with van der Waals surface area (Å²) in [4.78, 5) is 0. The Morgan fingerprint density at radius 3 is 2.06 bits per heavy atom. The topological polar surface area (TPSA) is 104 Å². The number of hydrogen-bond acceptors (Lipinski definition) is 5. The molecule has 0 heterocycles. The Morgan fingerprint density at radius 2 is 1.75 bits per heavy atom. The number of nitriles is 1. The minimum atomic E-state index is -3.75. The number of nitrogens with one attached hydrogen (secondary N) is 1. The van der Waals surface area contributed by atoms with Gasteiger partial charge in [0.2, 0.25) is 10.0 Å². The first-order valence-corrected chi connectivity index (χ1v) is 8.35. The van der Waals surface area contributed by atoms with Gasteiger partial charge in [0.05, 0.1) is 17.6 Å². The van der Waals surface area contributed by atoms with Crippen molar-refractivity contribution in [3.8, 4) is 6.07 Å². The van der Waals surface area contributed by atoms with Gasteiger partial charge in [0.1, 0.15) is 15.4 Å². The molecule has 1 N–H and O–H groups in total. The lowest BCUT2D eigenvalue weighted by Gasteiger charge is -2.20. The van der Waals surface area contributed by atoms with Crippen LogP contribution in [0.4, 0.5) is 0 Å². The molecule has 0 aliphatic carbocycles. The Labute approximate surface area is 96.6 Å². The monoisotopic (exact) mass is 268 g/mol. The minimum Gasteiger partial charge on any atom is -0.229 e. The van der Waals surface area contributed by atoms with Crippen molar-refractivity contribution in [2.45, 2.75) is 25.8 Å². The molecule has 0 rings (SSSR count). The van der Waals surface area contributed by atoms with Crippen LogP contribution in [0.3, 0.4) is 0 Å². The fraction of sp³-hybridized carbons (Fsp3) is 0.875. The van der Waals surface area contributed by atoms with Crippen molar-refractivity contribution in [1.82, 2.24) is 4.72 Å². The van der Waals surface area contributed by atoms with E-state index < -0.39 is 36.9 Å². The normalized spacial score (nSPS) is 16.4. The Balaban J connectivity index is 4.68. The predicted octanol–water partition coefficient (Wildman–Crippen LogP) is -0.357. The maximum absolute atomic E-state index is 11.5. The molecule has 0 amide bonds. The maximum atomic E-state index is 11.5. The lowest BCUT2D eigenvalue weighted by molar-refractivity contribution is 0.495. The molecule has 0 fully saturated rings. The molecule has 0 saturated heterocycles. The molecule has 1 atom stereocenters. The highest BCUT2D eigenvalue weighted by molar-refractivity contribution is 7.93. The summed E-state index contributed by atoms with van der Waals surface area (Å²) in [5.74, 6) is -0.976. The zero-order chi connectivity index (χ0) is 13.0. The average Bonchev–Trinajstić information content (AvgIpc) is 2.13. The van der Waals surface area contributed by atoms with Crippen LogP contribution in [-0.4, -0.2) is 40.1 Å². The van der Waals surface area contributed by atoms with Gasteiger partial charge in [-0.15, -0.1) is 0 Å². The molecule has 0 aromatic rings. The van der Waals surface area contributed by atoms with Crippen LogP contribution in [0, 0.1) is 11.3 Å². The average molecular weight is 268 g/mol. The highest BCUT2D eigenvalue weighted by Gasteiger charge is 2.28. The second-order valence-electron chi connectivity index (χ2n) is 3.85. The molecule has 0 saturated carbocycles. The smallest absolute Gasteiger partial charge is 0.213 e. The van der Waals surface area contributed by atoms with E-state index in [1.807, 2.05) is 6.07 Å². The molecule has 0 radical (unpaired) electrons. The Morgan fingerprint density at radius 1 is 1.25 bits per heavy atom. The van der Waals surface area contributed by atoms with E-state index in [4.69, 9.17) is 5.26 Å².